The summed E-state index contributed by atoms with van der Waals surface area (Å²) >= 11 is 0. The molecule has 3 heterocycles. The molecule has 0 saturated carbocycles. The van der Waals surface area contributed by atoms with E-state index >= 15 is 0 Å². The normalized spacial score (nSPS) is 27.5. The first-order chi connectivity index (χ1) is 8.84. The van der Waals surface area contributed by atoms with Crippen molar-refractivity contribution in [3.8, 4) is 0 Å². The Balaban J connectivity index is 1.71. The van der Waals surface area contributed by atoms with E-state index in [1.807, 2.05) is 6.20 Å². The fraction of sp³-hybridized carbons (Fsp3) is 0.769. The summed E-state index contributed by atoms with van der Waals surface area (Å²) in [6.07, 6.45) is 4.24. The lowest BCUT2D eigenvalue weighted by molar-refractivity contribution is 0.0845. The first kappa shape index (κ1) is 12.1. The van der Waals surface area contributed by atoms with Crippen molar-refractivity contribution in [1.82, 2.24) is 20.2 Å². The highest BCUT2D eigenvalue weighted by Gasteiger charge is 2.24. The molecule has 5 heteroatoms. The lowest BCUT2D eigenvalue weighted by atomic mass is 9.97. The molecule has 2 N–H and O–H groups in total. The van der Waals surface area contributed by atoms with Gasteiger partial charge >= 0.3 is 0 Å². The van der Waals surface area contributed by atoms with Crippen LogP contribution in [0.1, 0.15) is 36.3 Å². The molecule has 5 nitrogen and oxygen atoms in total. The second-order valence-corrected chi connectivity index (χ2v) is 5.31. The van der Waals surface area contributed by atoms with Crippen LogP contribution in [0.2, 0.25) is 0 Å². The van der Waals surface area contributed by atoms with E-state index in [-0.39, 0.29) is 0 Å². The van der Waals surface area contributed by atoms with Gasteiger partial charge in [0.05, 0.1) is 6.04 Å². The number of hydrogen-bond acceptors (Lipinski definition) is 4. The molecule has 1 atom stereocenters. The van der Waals surface area contributed by atoms with Crippen LogP contribution < -0.4 is 5.32 Å². The molecule has 2 saturated heterocycles. The predicted molar refractivity (Wildman–Crippen MR) is 69.6 cm³/mol. The SMILES string of the molecule is CN1CCNCC1c1ncc(C2CCOCC2)[nH]1. The van der Waals surface area contributed by atoms with Crippen molar-refractivity contribution in [2.24, 2.45) is 0 Å². The van der Waals surface area contributed by atoms with Gasteiger partial charge in [0.25, 0.3) is 0 Å². The molecular formula is C13H22N4O. The average Bonchev–Trinajstić information content (AvgIpc) is 2.90. The van der Waals surface area contributed by atoms with E-state index in [4.69, 9.17) is 4.74 Å². The van der Waals surface area contributed by atoms with Crippen LogP contribution in [0.5, 0.6) is 0 Å². The van der Waals surface area contributed by atoms with Crippen molar-refractivity contribution in [2.75, 3.05) is 39.9 Å². The minimum absolute atomic E-state index is 0.382. The van der Waals surface area contributed by atoms with Crippen molar-refractivity contribution < 1.29 is 4.74 Å². The molecule has 2 aliphatic heterocycles. The number of hydrogen-bond donors (Lipinski definition) is 2. The summed E-state index contributed by atoms with van der Waals surface area (Å²) in [5.41, 5.74) is 1.28. The number of imidazole rings is 1. The molecule has 2 fully saturated rings. The topological polar surface area (TPSA) is 53.2 Å². The number of nitrogens with zero attached hydrogens (tertiary/aromatic N) is 2. The van der Waals surface area contributed by atoms with E-state index in [1.165, 1.54) is 5.69 Å². The Bertz CT molecular complexity index is 386. The number of nitrogens with one attached hydrogen (secondary N) is 2. The Morgan fingerprint density at radius 2 is 2.22 bits per heavy atom. The summed E-state index contributed by atoms with van der Waals surface area (Å²) in [5, 5.41) is 3.43. The first-order valence-corrected chi connectivity index (χ1v) is 6.88. The highest BCUT2D eigenvalue weighted by atomic mass is 16.5. The van der Waals surface area contributed by atoms with E-state index in [1.54, 1.807) is 0 Å². The van der Waals surface area contributed by atoms with Gasteiger partial charge in [-0.3, -0.25) is 4.90 Å². The molecule has 3 rings (SSSR count). The smallest absolute Gasteiger partial charge is 0.124 e. The number of likely N-dealkylation sites (N-methyl/N-ethyl adjacent to an activating group) is 1. The third kappa shape index (κ3) is 2.43. The van der Waals surface area contributed by atoms with Crippen LogP contribution in [0.3, 0.4) is 0 Å². The maximum absolute atomic E-state index is 5.41. The third-order valence-electron chi connectivity index (χ3n) is 4.10. The van der Waals surface area contributed by atoms with Crippen molar-refractivity contribution in [1.29, 1.82) is 0 Å². The van der Waals surface area contributed by atoms with Crippen LogP contribution in [-0.2, 0) is 4.74 Å². The average molecular weight is 250 g/mol. The summed E-state index contributed by atoms with van der Waals surface area (Å²) in [6.45, 7) is 4.89. The van der Waals surface area contributed by atoms with E-state index in [9.17, 15) is 0 Å². The molecule has 1 aromatic rings. The van der Waals surface area contributed by atoms with Crippen LogP contribution >= 0.6 is 0 Å². The molecule has 0 amide bonds. The van der Waals surface area contributed by atoms with Crippen molar-refractivity contribution in [2.45, 2.75) is 24.8 Å². The second-order valence-electron chi connectivity index (χ2n) is 5.31. The predicted octanol–water partition coefficient (Wildman–Crippen LogP) is 0.880. The van der Waals surface area contributed by atoms with E-state index < -0.39 is 0 Å². The van der Waals surface area contributed by atoms with Crippen LogP contribution in [0.4, 0.5) is 0 Å². The summed E-state index contributed by atoms with van der Waals surface area (Å²) < 4.78 is 5.41. The highest BCUT2D eigenvalue weighted by Crippen LogP contribution is 2.27. The minimum atomic E-state index is 0.382. The van der Waals surface area contributed by atoms with Gasteiger partial charge < -0.3 is 15.0 Å². The Kier molecular flexibility index (Phi) is 3.63. The van der Waals surface area contributed by atoms with Crippen LogP contribution in [0, 0.1) is 0 Å². The van der Waals surface area contributed by atoms with E-state index in [2.05, 4.69) is 27.2 Å². The van der Waals surface area contributed by atoms with Crippen LogP contribution in [0.25, 0.3) is 0 Å². The highest BCUT2D eigenvalue weighted by molar-refractivity contribution is 5.11. The summed E-state index contributed by atoms with van der Waals surface area (Å²) in [4.78, 5) is 10.5. The van der Waals surface area contributed by atoms with Gasteiger partial charge in [-0.05, 0) is 19.9 Å². The minimum Gasteiger partial charge on any atom is -0.381 e. The fourth-order valence-electron chi connectivity index (χ4n) is 2.85. The van der Waals surface area contributed by atoms with Gasteiger partial charge in [-0.15, -0.1) is 0 Å². The van der Waals surface area contributed by atoms with Crippen molar-refractivity contribution in [3.63, 3.8) is 0 Å². The maximum atomic E-state index is 5.41. The van der Waals surface area contributed by atoms with Gasteiger partial charge in [-0.1, -0.05) is 0 Å². The summed E-state index contributed by atoms with van der Waals surface area (Å²) in [6, 6.07) is 0.382. The molecule has 0 bridgehead atoms. The maximum Gasteiger partial charge on any atom is 0.124 e. The molecule has 1 aromatic heterocycles. The van der Waals surface area contributed by atoms with Gasteiger partial charge in [0.2, 0.25) is 0 Å². The Morgan fingerprint density at radius 1 is 1.39 bits per heavy atom. The van der Waals surface area contributed by atoms with E-state index in [0.29, 0.717) is 12.0 Å². The molecule has 2 aliphatic rings. The Morgan fingerprint density at radius 3 is 3.00 bits per heavy atom. The largest absolute Gasteiger partial charge is 0.381 e. The molecule has 0 radical (unpaired) electrons. The quantitative estimate of drug-likeness (QED) is 0.818. The zero-order valence-corrected chi connectivity index (χ0v) is 11.0. The lowest BCUT2D eigenvalue weighted by Gasteiger charge is -2.31. The molecule has 1 unspecified atom stereocenters. The lowest BCUT2D eigenvalue weighted by Crippen LogP contribution is -2.44. The molecular weight excluding hydrogens is 228 g/mol. The zero-order valence-electron chi connectivity index (χ0n) is 11.0. The summed E-state index contributed by atoms with van der Waals surface area (Å²) in [5.74, 6) is 1.70. The molecule has 18 heavy (non-hydrogen) atoms. The van der Waals surface area contributed by atoms with Gasteiger partial charge in [0.1, 0.15) is 5.82 Å². The van der Waals surface area contributed by atoms with E-state index in [0.717, 1.165) is 51.5 Å². The first-order valence-electron chi connectivity index (χ1n) is 6.88. The monoisotopic (exact) mass is 250 g/mol. The zero-order chi connectivity index (χ0) is 12.4. The molecule has 0 aromatic carbocycles. The molecule has 0 aliphatic carbocycles. The second kappa shape index (κ2) is 5.38. The fourth-order valence-corrected chi connectivity index (χ4v) is 2.85. The van der Waals surface area contributed by atoms with Gasteiger partial charge in [-0.2, -0.15) is 0 Å². The number of aromatic amines is 1. The third-order valence-corrected chi connectivity index (χ3v) is 4.10. The van der Waals surface area contributed by atoms with Gasteiger partial charge in [0, 0.05) is 50.7 Å². The number of ether oxygens (including phenoxy) is 1. The van der Waals surface area contributed by atoms with Crippen LogP contribution in [0.15, 0.2) is 6.20 Å². The van der Waals surface area contributed by atoms with Crippen molar-refractivity contribution >= 4 is 0 Å². The number of rotatable bonds is 2. The standard InChI is InChI=1S/C13H22N4O/c1-17-5-4-14-9-12(17)13-15-8-11(16-13)10-2-6-18-7-3-10/h8,10,12,14H,2-7,9H2,1H3,(H,15,16). The van der Waals surface area contributed by atoms with Crippen LogP contribution in [-0.4, -0.2) is 54.8 Å². The number of aromatic nitrogens is 2. The number of piperazine rings is 1. The Hall–Kier alpha value is -0.910. The molecule has 100 valence electrons. The van der Waals surface area contributed by atoms with Gasteiger partial charge in [0.15, 0.2) is 0 Å². The van der Waals surface area contributed by atoms with Gasteiger partial charge in [-0.25, -0.2) is 4.98 Å². The Labute approximate surface area is 108 Å². The van der Waals surface area contributed by atoms with Crippen molar-refractivity contribution in [3.05, 3.63) is 17.7 Å². The molecule has 0 spiro atoms. The summed E-state index contributed by atoms with van der Waals surface area (Å²) in [7, 11) is 2.17. The number of H-pyrrole nitrogens is 1.